The van der Waals surface area contributed by atoms with Crippen LogP contribution in [0.15, 0.2) is 24.4 Å². The van der Waals surface area contributed by atoms with Gasteiger partial charge in [-0.3, -0.25) is 9.59 Å². The number of methoxy groups -OCH3 is 1. The lowest BCUT2D eigenvalue weighted by Crippen LogP contribution is -2.38. The molecule has 1 N–H and O–H groups in total. The molecule has 1 aromatic heterocycles. The summed E-state index contributed by atoms with van der Waals surface area (Å²) in [6, 6.07) is 3.86. The van der Waals surface area contributed by atoms with Gasteiger partial charge in [0.25, 0.3) is 11.8 Å². The minimum absolute atomic E-state index is 0.0815. The van der Waals surface area contributed by atoms with E-state index in [9.17, 15) is 14.0 Å². The molecule has 0 saturated carbocycles. The highest BCUT2D eigenvalue weighted by Gasteiger charge is 2.30. The Morgan fingerprint density at radius 2 is 2.25 bits per heavy atom. The van der Waals surface area contributed by atoms with E-state index in [1.165, 1.54) is 18.2 Å². The van der Waals surface area contributed by atoms with Crippen molar-refractivity contribution in [2.75, 3.05) is 26.8 Å². The molecule has 1 aliphatic heterocycles. The maximum atomic E-state index is 13.4. The van der Waals surface area contributed by atoms with Gasteiger partial charge in [-0.05, 0) is 31.0 Å². The number of ether oxygens (including phenoxy) is 1. The van der Waals surface area contributed by atoms with Crippen LogP contribution in [-0.4, -0.2) is 64.6 Å². The molecule has 8 nitrogen and oxygen atoms in total. The first-order chi connectivity index (χ1) is 13.5. The maximum absolute atomic E-state index is 13.4. The summed E-state index contributed by atoms with van der Waals surface area (Å²) in [6.07, 6.45) is 3.21. The topological polar surface area (TPSA) is 89.4 Å². The van der Waals surface area contributed by atoms with E-state index in [0.717, 1.165) is 12.8 Å². The van der Waals surface area contributed by atoms with Crippen molar-refractivity contribution < 1.29 is 18.7 Å². The van der Waals surface area contributed by atoms with Crippen LogP contribution in [0.25, 0.3) is 0 Å². The number of halogens is 2. The molecule has 2 aromatic rings. The Morgan fingerprint density at radius 3 is 3.00 bits per heavy atom. The van der Waals surface area contributed by atoms with E-state index in [1.807, 2.05) is 0 Å². The maximum Gasteiger partial charge on any atom is 0.273 e. The average molecular weight is 410 g/mol. The standard InChI is InChI=1S/C18H21ClFN5O3/c1-28-8-6-21-17(26)16-11-24(23-22-16)10-13-3-2-7-25(13)18(27)12-4-5-15(20)14(19)9-12/h4-5,9,11,13H,2-3,6-8,10H2,1H3,(H,21,26)/t13-/m0/s1. The molecule has 0 spiro atoms. The molecular weight excluding hydrogens is 389 g/mol. The van der Waals surface area contributed by atoms with Gasteiger partial charge < -0.3 is 15.0 Å². The minimum Gasteiger partial charge on any atom is -0.383 e. The Kier molecular flexibility index (Phi) is 6.58. The number of amides is 2. The van der Waals surface area contributed by atoms with Crippen LogP contribution in [0.1, 0.15) is 33.7 Å². The van der Waals surface area contributed by atoms with Crippen molar-refractivity contribution in [1.82, 2.24) is 25.2 Å². The van der Waals surface area contributed by atoms with Crippen LogP contribution in [0, 0.1) is 5.82 Å². The first kappa shape index (κ1) is 20.2. The van der Waals surface area contributed by atoms with Crippen molar-refractivity contribution in [1.29, 1.82) is 0 Å². The number of nitrogens with zero attached hydrogens (tertiary/aromatic N) is 4. The van der Waals surface area contributed by atoms with Crippen molar-refractivity contribution in [3.63, 3.8) is 0 Å². The number of benzene rings is 1. The molecule has 1 aromatic carbocycles. The molecule has 0 unspecified atom stereocenters. The third kappa shape index (κ3) is 4.66. The lowest BCUT2D eigenvalue weighted by Gasteiger charge is -2.24. The molecule has 0 bridgehead atoms. The van der Waals surface area contributed by atoms with Gasteiger partial charge in [0, 0.05) is 25.8 Å². The molecule has 1 saturated heterocycles. The van der Waals surface area contributed by atoms with Gasteiger partial charge in [0.1, 0.15) is 5.82 Å². The van der Waals surface area contributed by atoms with E-state index < -0.39 is 5.82 Å². The van der Waals surface area contributed by atoms with Crippen molar-refractivity contribution in [3.05, 3.63) is 46.5 Å². The summed E-state index contributed by atoms with van der Waals surface area (Å²) in [5, 5.41) is 10.5. The highest BCUT2D eigenvalue weighted by molar-refractivity contribution is 6.31. The highest BCUT2D eigenvalue weighted by atomic mass is 35.5. The molecule has 1 atom stereocenters. The Balaban J connectivity index is 1.64. The summed E-state index contributed by atoms with van der Waals surface area (Å²) >= 11 is 5.79. The molecule has 3 rings (SSSR count). The first-order valence-corrected chi connectivity index (χ1v) is 9.30. The second-order valence-corrected chi connectivity index (χ2v) is 6.91. The fourth-order valence-corrected chi connectivity index (χ4v) is 3.33. The molecule has 1 aliphatic rings. The molecule has 2 heterocycles. The Morgan fingerprint density at radius 1 is 1.43 bits per heavy atom. The Labute approximate surface area is 166 Å². The summed E-state index contributed by atoms with van der Waals surface area (Å²) in [6.45, 7) is 1.80. The molecule has 0 aliphatic carbocycles. The third-order valence-electron chi connectivity index (χ3n) is 4.57. The van der Waals surface area contributed by atoms with Gasteiger partial charge in [-0.1, -0.05) is 16.8 Å². The molecule has 1 fully saturated rings. The van der Waals surface area contributed by atoms with Crippen LogP contribution in [0.4, 0.5) is 4.39 Å². The predicted octanol–water partition coefficient (Wildman–Crippen LogP) is 1.75. The quantitative estimate of drug-likeness (QED) is 0.704. The number of carbonyl (C=O) groups is 2. The molecular formula is C18H21ClFN5O3. The van der Waals surface area contributed by atoms with Crippen molar-refractivity contribution >= 4 is 23.4 Å². The van der Waals surface area contributed by atoms with Crippen LogP contribution in [-0.2, 0) is 11.3 Å². The van der Waals surface area contributed by atoms with Crippen LogP contribution in [0.3, 0.4) is 0 Å². The minimum atomic E-state index is -0.560. The Bertz CT molecular complexity index is 859. The van der Waals surface area contributed by atoms with Gasteiger partial charge >= 0.3 is 0 Å². The number of hydrogen-bond donors (Lipinski definition) is 1. The van der Waals surface area contributed by atoms with E-state index in [-0.39, 0.29) is 28.6 Å². The van der Waals surface area contributed by atoms with E-state index in [0.29, 0.717) is 31.8 Å². The Hall–Kier alpha value is -2.52. The molecule has 2 amide bonds. The van der Waals surface area contributed by atoms with E-state index in [2.05, 4.69) is 15.6 Å². The van der Waals surface area contributed by atoms with E-state index in [1.54, 1.807) is 22.9 Å². The SMILES string of the molecule is COCCNC(=O)c1cn(C[C@@H]2CCCN2C(=O)c2ccc(F)c(Cl)c2)nn1. The lowest BCUT2D eigenvalue weighted by atomic mass is 10.1. The number of nitrogens with one attached hydrogen (secondary N) is 1. The predicted molar refractivity (Wildman–Crippen MR) is 99.7 cm³/mol. The number of rotatable bonds is 7. The van der Waals surface area contributed by atoms with Crippen molar-refractivity contribution in [2.24, 2.45) is 0 Å². The molecule has 28 heavy (non-hydrogen) atoms. The first-order valence-electron chi connectivity index (χ1n) is 8.93. The summed E-state index contributed by atoms with van der Waals surface area (Å²) in [4.78, 5) is 26.5. The normalized spacial score (nSPS) is 16.4. The largest absolute Gasteiger partial charge is 0.383 e. The second kappa shape index (κ2) is 9.11. The number of hydrogen-bond acceptors (Lipinski definition) is 5. The number of carbonyl (C=O) groups excluding carboxylic acids is 2. The van der Waals surface area contributed by atoms with E-state index in [4.69, 9.17) is 16.3 Å². The average Bonchev–Trinajstić information content (AvgIpc) is 3.33. The van der Waals surface area contributed by atoms with Crippen molar-refractivity contribution in [2.45, 2.75) is 25.4 Å². The smallest absolute Gasteiger partial charge is 0.273 e. The fourth-order valence-electron chi connectivity index (χ4n) is 3.15. The summed E-state index contributed by atoms with van der Waals surface area (Å²) in [5.41, 5.74) is 0.549. The summed E-state index contributed by atoms with van der Waals surface area (Å²) in [5.74, 6) is -1.10. The van der Waals surface area contributed by atoms with Crippen LogP contribution in [0.2, 0.25) is 5.02 Å². The van der Waals surface area contributed by atoms with Crippen molar-refractivity contribution in [3.8, 4) is 0 Å². The molecule has 150 valence electrons. The zero-order valence-electron chi connectivity index (χ0n) is 15.4. The lowest BCUT2D eigenvalue weighted by molar-refractivity contribution is 0.0720. The molecule has 0 radical (unpaired) electrons. The monoisotopic (exact) mass is 409 g/mol. The zero-order chi connectivity index (χ0) is 20.1. The number of likely N-dealkylation sites (tertiary alicyclic amines) is 1. The van der Waals surface area contributed by atoms with Crippen LogP contribution >= 0.6 is 11.6 Å². The summed E-state index contributed by atoms with van der Waals surface area (Å²) in [7, 11) is 1.55. The fraction of sp³-hybridized carbons (Fsp3) is 0.444. The van der Waals surface area contributed by atoms with Gasteiger partial charge in [-0.2, -0.15) is 0 Å². The van der Waals surface area contributed by atoms with Gasteiger partial charge in [0.2, 0.25) is 0 Å². The highest BCUT2D eigenvalue weighted by Crippen LogP contribution is 2.23. The zero-order valence-corrected chi connectivity index (χ0v) is 16.2. The van der Waals surface area contributed by atoms with Gasteiger partial charge in [0.05, 0.1) is 30.4 Å². The number of aromatic nitrogens is 3. The van der Waals surface area contributed by atoms with Gasteiger partial charge in [0.15, 0.2) is 5.69 Å². The van der Waals surface area contributed by atoms with E-state index >= 15 is 0 Å². The third-order valence-corrected chi connectivity index (χ3v) is 4.86. The summed E-state index contributed by atoms with van der Waals surface area (Å²) < 4.78 is 19.8. The van der Waals surface area contributed by atoms with Crippen LogP contribution < -0.4 is 5.32 Å². The molecule has 10 heteroatoms. The second-order valence-electron chi connectivity index (χ2n) is 6.50. The van der Waals surface area contributed by atoms with Gasteiger partial charge in [-0.25, -0.2) is 9.07 Å². The van der Waals surface area contributed by atoms with Gasteiger partial charge in [-0.15, -0.1) is 5.10 Å². The van der Waals surface area contributed by atoms with Crippen LogP contribution in [0.5, 0.6) is 0 Å².